The van der Waals surface area contributed by atoms with Crippen LogP contribution in [0.4, 0.5) is 0 Å². The number of thiazole rings is 1. The minimum Gasteiger partial charge on any atom is -0.395 e. The van der Waals surface area contributed by atoms with Crippen LogP contribution >= 0.6 is 23.1 Å². The van der Waals surface area contributed by atoms with Gasteiger partial charge in [0.1, 0.15) is 6.10 Å². The van der Waals surface area contributed by atoms with Gasteiger partial charge in [0.2, 0.25) is 0 Å². The quantitative estimate of drug-likeness (QED) is 0.533. The highest BCUT2D eigenvalue weighted by Crippen LogP contribution is 2.43. The Labute approximate surface area is 165 Å². The molecule has 3 aromatic rings. The Hall–Kier alpha value is -1.48. The molecule has 4 rings (SSSR count). The van der Waals surface area contributed by atoms with Crippen LogP contribution in [0.25, 0.3) is 10.2 Å². The molecule has 5 nitrogen and oxygen atoms in total. The molecule has 0 saturated carbocycles. The van der Waals surface area contributed by atoms with E-state index in [2.05, 4.69) is 11.1 Å². The summed E-state index contributed by atoms with van der Waals surface area (Å²) >= 11 is 2.97. The van der Waals surface area contributed by atoms with Gasteiger partial charge in [-0.15, -0.1) is 23.1 Å². The summed E-state index contributed by atoms with van der Waals surface area (Å²) in [5, 5.41) is 40.1. The molecule has 0 bridgehead atoms. The van der Waals surface area contributed by atoms with Crippen molar-refractivity contribution in [2.45, 2.75) is 35.2 Å². The van der Waals surface area contributed by atoms with Gasteiger partial charge < -0.3 is 20.4 Å². The molecule has 1 aromatic heterocycles. The maximum Gasteiger partial charge on any atom is 0.108 e. The molecule has 7 heteroatoms. The Bertz CT molecular complexity index is 896. The first-order valence-corrected chi connectivity index (χ1v) is 10.6. The maximum absolute atomic E-state index is 10.4. The number of para-hydroxylation sites is 1. The summed E-state index contributed by atoms with van der Waals surface area (Å²) in [6.45, 7) is -0.252. The van der Waals surface area contributed by atoms with E-state index in [1.807, 2.05) is 42.5 Å². The summed E-state index contributed by atoms with van der Waals surface area (Å²) in [7, 11) is 0. The molecule has 1 aliphatic heterocycles. The van der Waals surface area contributed by atoms with Gasteiger partial charge in [0.25, 0.3) is 0 Å². The van der Waals surface area contributed by atoms with Gasteiger partial charge in [0.05, 0.1) is 44.5 Å². The smallest absolute Gasteiger partial charge is 0.108 e. The van der Waals surface area contributed by atoms with Crippen molar-refractivity contribution < 1.29 is 20.4 Å². The van der Waals surface area contributed by atoms with E-state index in [1.165, 1.54) is 11.8 Å². The summed E-state index contributed by atoms with van der Waals surface area (Å²) in [4.78, 5) is 4.67. The van der Waals surface area contributed by atoms with Gasteiger partial charge in [0, 0.05) is 6.42 Å². The number of hydrogen-bond donors (Lipinski definition) is 4. The number of aliphatic hydroxyl groups is 4. The average Bonchev–Trinajstić information content (AvgIpc) is 3.09. The third kappa shape index (κ3) is 3.76. The van der Waals surface area contributed by atoms with Crippen molar-refractivity contribution in [1.82, 2.24) is 4.98 Å². The predicted octanol–water partition coefficient (Wildman–Crippen LogP) is 2.12. The lowest BCUT2D eigenvalue weighted by molar-refractivity contribution is -0.0700. The second-order valence-electron chi connectivity index (χ2n) is 6.75. The monoisotopic (exact) mass is 403 g/mol. The van der Waals surface area contributed by atoms with Crippen LogP contribution < -0.4 is 0 Å². The molecule has 5 atom stereocenters. The zero-order valence-corrected chi connectivity index (χ0v) is 16.1. The Morgan fingerprint density at radius 1 is 0.926 bits per heavy atom. The van der Waals surface area contributed by atoms with E-state index in [9.17, 15) is 20.4 Å². The molecule has 4 N–H and O–H groups in total. The van der Waals surface area contributed by atoms with Crippen LogP contribution in [0.5, 0.6) is 0 Å². The van der Waals surface area contributed by atoms with E-state index in [0.717, 1.165) is 26.4 Å². The van der Waals surface area contributed by atoms with Crippen LogP contribution in [0.2, 0.25) is 0 Å². The fraction of sp³-hybridized carbons (Fsp3) is 0.350. The molecule has 2 aromatic carbocycles. The first kappa shape index (κ1) is 18.9. The summed E-state index contributed by atoms with van der Waals surface area (Å²) in [5.41, 5.74) is 2.94. The van der Waals surface area contributed by atoms with Crippen LogP contribution in [0.15, 0.2) is 48.5 Å². The van der Waals surface area contributed by atoms with Gasteiger partial charge in [0.15, 0.2) is 0 Å². The molecule has 1 fully saturated rings. The van der Waals surface area contributed by atoms with E-state index in [4.69, 9.17) is 0 Å². The van der Waals surface area contributed by atoms with E-state index >= 15 is 0 Å². The van der Waals surface area contributed by atoms with E-state index in [1.54, 1.807) is 11.3 Å². The van der Waals surface area contributed by atoms with Gasteiger partial charge >= 0.3 is 0 Å². The van der Waals surface area contributed by atoms with Gasteiger partial charge in [-0.05, 0) is 23.3 Å². The molecule has 0 amide bonds. The van der Waals surface area contributed by atoms with Crippen molar-refractivity contribution in [1.29, 1.82) is 0 Å². The standard InChI is InChI=1S/C20H21NO4S2/c22-10-15-17(23)18(24)19(25)20(27-15)12-5-3-4-11(8-12)9-16-21-13-6-1-2-7-14(13)26-16/h1-8,15,17-20,22-25H,9-10H2/t15-,17-,18+,19-,20+/m1/s1. The van der Waals surface area contributed by atoms with Crippen molar-refractivity contribution in [3.8, 4) is 0 Å². The number of rotatable bonds is 4. The number of aliphatic hydroxyl groups excluding tert-OH is 4. The number of nitrogens with zero attached hydrogens (tertiary/aromatic N) is 1. The third-order valence-corrected chi connectivity index (χ3v) is 7.52. The van der Waals surface area contributed by atoms with Crippen LogP contribution in [0, 0.1) is 0 Å². The number of thioether (sulfide) groups is 1. The third-order valence-electron chi connectivity index (χ3n) is 4.87. The van der Waals surface area contributed by atoms with Crippen molar-refractivity contribution in [3.63, 3.8) is 0 Å². The summed E-state index contributed by atoms with van der Waals surface area (Å²) in [6.07, 6.45) is -2.82. The highest BCUT2D eigenvalue weighted by Gasteiger charge is 2.43. The first-order chi connectivity index (χ1) is 13.1. The molecule has 142 valence electrons. The van der Waals surface area contributed by atoms with Crippen LogP contribution in [-0.4, -0.2) is 55.6 Å². The minimum atomic E-state index is -1.28. The van der Waals surface area contributed by atoms with E-state index in [0.29, 0.717) is 6.42 Å². The fourth-order valence-electron chi connectivity index (χ4n) is 3.43. The Morgan fingerprint density at radius 2 is 1.74 bits per heavy atom. The van der Waals surface area contributed by atoms with E-state index < -0.39 is 28.8 Å². The summed E-state index contributed by atoms with van der Waals surface area (Å²) < 4.78 is 1.16. The van der Waals surface area contributed by atoms with Crippen molar-refractivity contribution in [2.75, 3.05) is 6.61 Å². The topological polar surface area (TPSA) is 93.8 Å². The van der Waals surface area contributed by atoms with Crippen molar-refractivity contribution in [3.05, 3.63) is 64.7 Å². The second kappa shape index (κ2) is 7.87. The number of aromatic nitrogens is 1. The zero-order valence-electron chi connectivity index (χ0n) is 14.5. The Kier molecular flexibility index (Phi) is 5.50. The SMILES string of the molecule is OC[C@H]1S[C@@H](c2cccc(Cc3nc4ccccc4s3)c2)[C@H](O)[C@@H](O)[C@@H]1O. The van der Waals surface area contributed by atoms with Gasteiger partial charge in [-0.2, -0.15) is 0 Å². The highest BCUT2D eigenvalue weighted by atomic mass is 32.2. The highest BCUT2D eigenvalue weighted by molar-refractivity contribution is 8.00. The molecule has 27 heavy (non-hydrogen) atoms. The molecular weight excluding hydrogens is 382 g/mol. The van der Waals surface area contributed by atoms with Crippen LogP contribution in [0.3, 0.4) is 0 Å². The van der Waals surface area contributed by atoms with Gasteiger partial charge in [-0.3, -0.25) is 0 Å². The first-order valence-electron chi connectivity index (χ1n) is 8.80. The molecule has 0 spiro atoms. The minimum absolute atomic E-state index is 0.252. The van der Waals surface area contributed by atoms with Gasteiger partial charge in [-0.25, -0.2) is 4.98 Å². The lowest BCUT2D eigenvalue weighted by atomic mass is 9.96. The zero-order chi connectivity index (χ0) is 19.0. The number of hydrogen-bond acceptors (Lipinski definition) is 7. The molecule has 1 aliphatic rings. The van der Waals surface area contributed by atoms with Gasteiger partial charge in [-0.1, -0.05) is 36.4 Å². The molecule has 0 aliphatic carbocycles. The normalized spacial score (nSPS) is 28.5. The summed E-state index contributed by atoms with van der Waals surface area (Å²) in [6, 6.07) is 15.9. The number of fused-ring (bicyclic) bond motifs is 1. The Balaban J connectivity index is 1.58. The Morgan fingerprint density at radius 3 is 2.52 bits per heavy atom. The van der Waals surface area contributed by atoms with Crippen LogP contribution in [-0.2, 0) is 6.42 Å². The molecular formula is C20H21NO4S2. The second-order valence-corrected chi connectivity index (χ2v) is 9.25. The molecule has 1 saturated heterocycles. The van der Waals surface area contributed by atoms with Crippen molar-refractivity contribution >= 4 is 33.3 Å². The average molecular weight is 404 g/mol. The fourth-order valence-corrected chi connectivity index (χ4v) is 5.84. The molecule has 2 heterocycles. The lowest BCUT2D eigenvalue weighted by Gasteiger charge is -2.39. The molecule has 0 radical (unpaired) electrons. The van der Waals surface area contributed by atoms with Crippen molar-refractivity contribution in [2.24, 2.45) is 0 Å². The lowest BCUT2D eigenvalue weighted by Crippen LogP contribution is -2.51. The largest absolute Gasteiger partial charge is 0.395 e. The number of benzene rings is 2. The summed E-state index contributed by atoms with van der Waals surface area (Å²) in [5.74, 6) is 0. The van der Waals surface area contributed by atoms with E-state index in [-0.39, 0.29) is 6.61 Å². The maximum atomic E-state index is 10.4. The predicted molar refractivity (Wildman–Crippen MR) is 108 cm³/mol. The molecule has 0 unspecified atom stereocenters. The van der Waals surface area contributed by atoms with Crippen LogP contribution in [0.1, 0.15) is 21.4 Å².